The lowest BCUT2D eigenvalue weighted by Crippen LogP contribution is -2.76. The van der Waals surface area contributed by atoms with E-state index in [0.29, 0.717) is 0 Å². The molecular formula is C35H45N3O10. The molecule has 0 aromatic heterocycles. The number of carboxylic acids is 2. The first kappa shape index (κ1) is 37.1. The quantitative estimate of drug-likeness (QED) is 0.0830. The number of aliphatic hydroxyl groups is 3. The van der Waals surface area contributed by atoms with Crippen molar-refractivity contribution >= 4 is 11.9 Å². The summed E-state index contributed by atoms with van der Waals surface area (Å²) < 4.78 is 19.7. The maximum absolute atomic E-state index is 11.9. The number of rotatable bonds is 20. The molecule has 0 spiro atoms. The fourth-order valence-corrected chi connectivity index (χ4v) is 5.88. The normalized spacial score (nSPS) is 23.7. The summed E-state index contributed by atoms with van der Waals surface area (Å²) in [7, 11) is 0. The summed E-state index contributed by atoms with van der Waals surface area (Å²) >= 11 is 0. The minimum absolute atomic E-state index is 0.102. The van der Waals surface area contributed by atoms with Crippen LogP contribution in [0.4, 0.5) is 0 Å². The van der Waals surface area contributed by atoms with Gasteiger partial charge in [-0.1, -0.05) is 91.0 Å². The van der Waals surface area contributed by atoms with E-state index in [4.69, 9.17) is 14.2 Å². The second-order valence-corrected chi connectivity index (χ2v) is 11.6. The van der Waals surface area contributed by atoms with Gasteiger partial charge in [0.15, 0.2) is 0 Å². The van der Waals surface area contributed by atoms with Gasteiger partial charge in [-0.15, -0.1) is 0 Å². The predicted octanol–water partition coefficient (Wildman–Crippen LogP) is 0.514. The number of ether oxygens (including phenoxy) is 3. The Morgan fingerprint density at radius 3 is 1.25 bits per heavy atom. The van der Waals surface area contributed by atoms with E-state index in [1.165, 1.54) is 0 Å². The highest BCUT2D eigenvalue weighted by molar-refractivity contribution is 5.69. The molecule has 0 saturated heterocycles. The van der Waals surface area contributed by atoms with E-state index in [0.717, 1.165) is 16.7 Å². The van der Waals surface area contributed by atoms with E-state index in [-0.39, 0.29) is 19.8 Å². The molecule has 1 aliphatic rings. The second-order valence-electron chi connectivity index (χ2n) is 11.6. The van der Waals surface area contributed by atoms with Crippen molar-refractivity contribution in [2.75, 3.05) is 26.3 Å². The Morgan fingerprint density at radius 1 is 0.583 bits per heavy atom. The third kappa shape index (κ3) is 10.9. The molecule has 48 heavy (non-hydrogen) atoms. The molecule has 1 fully saturated rings. The Bertz CT molecular complexity index is 1300. The van der Waals surface area contributed by atoms with Crippen molar-refractivity contribution in [2.24, 2.45) is 0 Å². The van der Waals surface area contributed by atoms with Crippen molar-refractivity contribution in [3.63, 3.8) is 0 Å². The molecule has 2 unspecified atom stereocenters. The second kappa shape index (κ2) is 19.3. The Kier molecular flexibility index (Phi) is 14.9. The van der Waals surface area contributed by atoms with Crippen LogP contribution in [-0.2, 0) is 43.6 Å². The molecule has 8 atom stereocenters. The van der Waals surface area contributed by atoms with Crippen LogP contribution in [0.5, 0.6) is 0 Å². The van der Waals surface area contributed by atoms with Crippen LogP contribution in [0.1, 0.15) is 16.7 Å². The first-order chi connectivity index (χ1) is 23.3. The summed E-state index contributed by atoms with van der Waals surface area (Å²) in [5.74, 6) is -2.27. The number of carbonyl (C=O) groups is 2. The highest BCUT2D eigenvalue weighted by Gasteiger charge is 2.53. The molecule has 0 aliphatic heterocycles. The van der Waals surface area contributed by atoms with E-state index in [1.54, 1.807) is 0 Å². The SMILES string of the molecule is O=C(O)CN[C@@H]1[C@H](OCc2ccccc2)[C@@H](NCC(=O)O)[C@H](OCc2ccccc2)[C@H](NC(CO)C(O)CO)[C@@H]1OCc1ccccc1. The lowest BCUT2D eigenvalue weighted by atomic mass is 9.78. The molecule has 8 N–H and O–H groups in total. The average molecular weight is 668 g/mol. The third-order valence-corrected chi connectivity index (χ3v) is 8.21. The van der Waals surface area contributed by atoms with Gasteiger partial charge in [0, 0.05) is 0 Å². The summed E-state index contributed by atoms with van der Waals surface area (Å²) in [6, 6.07) is 24.3. The Morgan fingerprint density at radius 2 is 0.938 bits per heavy atom. The monoisotopic (exact) mass is 667 g/mol. The van der Waals surface area contributed by atoms with Gasteiger partial charge in [0.05, 0.1) is 94.7 Å². The van der Waals surface area contributed by atoms with Crippen molar-refractivity contribution < 1.29 is 49.3 Å². The molecule has 0 amide bonds. The molecule has 0 heterocycles. The molecule has 0 bridgehead atoms. The van der Waals surface area contributed by atoms with Crippen molar-refractivity contribution in [1.82, 2.24) is 16.0 Å². The van der Waals surface area contributed by atoms with E-state index in [1.807, 2.05) is 91.0 Å². The van der Waals surface area contributed by atoms with Gasteiger partial charge in [0.25, 0.3) is 0 Å². The van der Waals surface area contributed by atoms with Crippen LogP contribution in [0, 0.1) is 0 Å². The zero-order valence-electron chi connectivity index (χ0n) is 26.5. The first-order valence-corrected chi connectivity index (χ1v) is 15.8. The van der Waals surface area contributed by atoms with Crippen molar-refractivity contribution in [3.05, 3.63) is 108 Å². The molecule has 0 radical (unpaired) electrons. The highest BCUT2D eigenvalue weighted by Crippen LogP contribution is 2.31. The lowest BCUT2D eigenvalue weighted by Gasteiger charge is -2.52. The number of carboxylic acid groups (broad SMARTS) is 2. The van der Waals surface area contributed by atoms with Crippen molar-refractivity contribution in [3.8, 4) is 0 Å². The first-order valence-electron chi connectivity index (χ1n) is 15.8. The van der Waals surface area contributed by atoms with Gasteiger partial charge < -0.3 is 45.1 Å². The molecule has 13 heteroatoms. The molecule has 1 aliphatic carbocycles. The largest absolute Gasteiger partial charge is 0.480 e. The number of hydrogen-bond donors (Lipinski definition) is 8. The van der Waals surface area contributed by atoms with Crippen LogP contribution in [0.25, 0.3) is 0 Å². The molecule has 3 aromatic rings. The van der Waals surface area contributed by atoms with Gasteiger partial charge in [-0.05, 0) is 16.7 Å². The molecule has 4 rings (SSSR count). The highest BCUT2D eigenvalue weighted by atomic mass is 16.5. The number of benzene rings is 3. The van der Waals surface area contributed by atoms with Crippen LogP contribution < -0.4 is 16.0 Å². The standard InChI is InChI=1S/C35H45N3O10/c39-18-26(27(41)19-40)38-32-34(47-21-24-12-6-2-7-13-24)30(36-16-28(42)43)33(46-20-23-10-4-1-5-11-23)31(37-17-29(44)45)35(32)48-22-25-14-8-3-9-15-25/h1-15,26-27,30-41H,16-22H2,(H,42,43)(H,44,45)/t26?,27?,30-,31-,32-,33+,34-,35+/m1/s1. The van der Waals surface area contributed by atoms with E-state index in [9.17, 15) is 35.1 Å². The van der Waals surface area contributed by atoms with Crippen molar-refractivity contribution in [1.29, 1.82) is 0 Å². The topological polar surface area (TPSA) is 199 Å². The molecule has 260 valence electrons. The zero-order chi connectivity index (χ0) is 34.3. The number of hydrogen-bond acceptors (Lipinski definition) is 11. The van der Waals surface area contributed by atoms with Gasteiger partial charge in [-0.3, -0.25) is 20.2 Å². The Labute approximate surface area is 279 Å². The van der Waals surface area contributed by atoms with Crippen LogP contribution >= 0.6 is 0 Å². The summed E-state index contributed by atoms with van der Waals surface area (Å²) in [5.41, 5.74) is 2.50. The molecule has 1 saturated carbocycles. The van der Waals surface area contributed by atoms with Crippen LogP contribution in [-0.4, -0.2) is 112 Å². The summed E-state index contributed by atoms with van der Waals surface area (Å²) in [6.07, 6.45) is -4.12. The minimum Gasteiger partial charge on any atom is -0.480 e. The van der Waals surface area contributed by atoms with Crippen LogP contribution in [0.2, 0.25) is 0 Å². The fraction of sp³-hybridized carbons (Fsp3) is 0.429. The summed E-state index contributed by atoms with van der Waals surface area (Å²) in [4.78, 5) is 23.8. The van der Waals surface area contributed by atoms with Gasteiger partial charge in [-0.25, -0.2) is 0 Å². The van der Waals surface area contributed by atoms with E-state index in [2.05, 4.69) is 16.0 Å². The molecular weight excluding hydrogens is 622 g/mol. The van der Waals surface area contributed by atoms with E-state index < -0.39 is 86.8 Å². The molecule has 3 aromatic carbocycles. The number of nitrogens with one attached hydrogen (secondary N) is 3. The van der Waals surface area contributed by atoms with Crippen LogP contribution in [0.3, 0.4) is 0 Å². The number of aliphatic carboxylic acids is 2. The average Bonchev–Trinajstić information content (AvgIpc) is 3.10. The summed E-state index contributed by atoms with van der Waals surface area (Å²) in [5, 5.41) is 59.4. The maximum Gasteiger partial charge on any atom is 0.317 e. The van der Waals surface area contributed by atoms with Crippen LogP contribution in [0.15, 0.2) is 91.0 Å². The van der Waals surface area contributed by atoms with Gasteiger partial charge in [0.2, 0.25) is 0 Å². The van der Waals surface area contributed by atoms with Gasteiger partial charge in [0.1, 0.15) is 0 Å². The minimum atomic E-state index is -1.37. The van der Waals surface area contributed by atoms with Gasteiger partial charge >= 0.3 is 11.9 Å². The fourth-order valence-electron chi connectivity index (χ4n) is 5.88. The lowest BCUT2D eigenvalue weighted by molar-refractivity contribution is -0.169. The summed E-state index contributed by atoms with van der Waals surface area (Å²) in [6.45, 7) is -1.85. The van der Waals surface area contributed by atoms with Crippen molar-refractivity contribution in [2.45, 2.75) is 68.4 Å². The number of aliphatic hydroxyl groups excluding tert-OH is 3. The third-order valence-electron chi connectivity index (χ3n) is 8.21. The van der Waals surface area contributed by atoms with E-state index >= 15 is 0 Å². The Hall–Kier alpha value is -3.76. The van der Waals surface area contributed by atoms with Gasteiger partial charge in [-0.2, -0.15) is 0 Å². The Balaban J connectivity index is 1.82. The predicted molar refractivity (Wildman–Crippen MR) is 175 cm³/mol. The zero-order valence-corrected chi connectivity index (χ0v) is 26.5. The molecule has 13 nitrogen and oxygen atoms in total. The smallest absolute Gasteiger partial charge is 0.317 e. The maximum atomic E-state index is 11.9.